The van der Waals surface area contributed by atoms with E-state index in [4.69, 9.17) is 5.11 Å². The maximum Gasteiger partial charge on any atom is 0.416 e. The topological polar surface area (TPSA) is 66.0 Å². The van der Waals surface area contributed by atoms with Crippen LogP contribution in [0.3, 0.4) is 0 Å². The van der Waals surface area contributed by atoms with Crippen molar-refractivity contribution in [1.29, 1.82) is 0 Å². The van der Waals surface area contributed by atoms with Crippen molar-refractivity contribution in [3.8, 4) is 0 Å². The molecule has 1 aromatic carbocycles. The first-order valence-corrected chi connectivity index (χ1v) is 5.18. The number of benzene rings is 1. The number of H-pyrrole nitrogens is 1. The zero-order valence-electron chi connectivity index (χ0n) is 9.67. The predicted molar refractivity (Wildman–Crippen MR) is 59.4 cm³/mol. The van der Waals surface area contributed by atoms with Crippen molar-refractivity contribution in [2.75, 3.05) is 0 Å². The summed E-state index contributed by atoms with van der Waals surface area (Å²) in [5.74, 6) is -1.70. The predicted octanol–water partition coefficient (Wildman–Crippen LogP) is 3.31. The highest BCUT2D eigenvalue weighted by atomic mass is 19.4. The Hall–Kier alpha value is -2.05. The van der Waals surface area contributed by atoms with E-state index in [0.717, 1.165) is 18.2 Å². The van der Waals surface area contributed by atoms with E-state index in [1.54, 1.807) is 0 Å². The summed E-state index contributed by atoms with van der Waals surface area (Å²) in [7, 11) is 0. The molecule has 0 atom stereocenters. The largest absolute Gasteiger partial charge is 0.475 e. The number of hydrogen-bond donors (Lipinski definition) is 2. The number of halogens is 3. The second-order valence-electron chi connectivity index (χ2n) is 3.12. The van der Waals surface area contributed by atoms with Gasteiger partial charge in [0.25, 0.3) is 0 Å². The first kappa shape index (κ1) is 14.0. The average molecular weight is 260 g/mol. The lowest BCUT2D eigenvalue weighted by atomic mass is 10.2. The van der Waals surface area contributed by atoms with E-state index in [2.05, 4.69) is 9.97 Å². The van der Waals surface area contributed by atoms with Gasteiger partial charge >= 0.3 is 12.1 Å². The second kappa shape index (κ2) is 5.07. The quantitative estimate of drug-likeness (QED) is 0.826. The summed E-state index contributed by atoms with van der Waals surface area (Å²) in [6.45, 7) is 4.00. The molecule has 2 N–H and O–H groups in total. The van der Waals surface area contributed by atoms with Crippen LogP contribution < -0.4 is 0 Å². The Morgan fingerprint density at radius 3 is 2.44 bits per heavy atom. The van der Waals surface area contributed by atoms with E-state index in [0.29, 0.717) is 0 Å². The maximum atomic E-state index is 12.3. The van der Waals surface area contributed by atoms with Gasteiger partial charge in [-0.05, 0) is 18.2 Å². The van der Waals surface area contributed by atoms with Crippen molar-refractivity contribution < 1.29 is 23.1 Å². The monoisotopic (exact) mass is 260 g/mol. The number of aromatic amines is 1. The number of nitrogens with one attached hydrogen (secondary N) is 1. The summed E-state index contributed by atoms with van der Waals surface area (Å²) >= 11 is 0. The molecule has 98 valence electrons. The minimum atomic E-state index is -4.46. The van der Waals surface area contributed by atoms with Gasteiger partial charge in [-0.1, -0.05) is 13.8 Å². The molecule has 4 nitrogen and oxygen atoms in total. The molecule has 0 aliphatic heterocycles. The normalized spacial score (nSPS) is 10.9. The van der Waals surface area contributed by atoms with Crippen LogP contribution in [0, 0.1) is 0 Å². The van der Waals surface area contributed by atoms with Crippen LogP contribution in [-0.2, 0) is 6.18 Å². The van der Waals surface area contributed by atoms with Crippen molar-refractivity contribution in [3.63, 3.8) is 0 Å². The Morgan fingerprint density at radius 2 is 1.94 bits per heavy atom. The third kappa shape index (κ3) is 2.79. The molecule has 0 unspecified atom stereocenters. The maximum absolute atomic E-state index is 12.3. The Balaban J connectivity index is 0.000000771. The van der Waals surface area contributed by atoms with Gasteiger partial charge in [-0.15, -0.1) is 0 Å². The van der Waals surface area contributed by atoms with Gasteiger partial charge in [0, 0.05) is 0 Å². The van der Waals surface area contributed by atoms with Crippen LogP contribution in [0.5, 0.6) is 0 Å². The van der Waals surface area contributed by atoms with E-state index in [1.165, 1.54) is 0 Å². The van der Waals surface area contributed by atoms with Gasteiger partial charge < -0.3 is 10.1 Å². The van der Waals surface area contributed by atoms with Crippen LogP contribution in [0.25, 0.3) is 11.0 Å². The molecule has 7 heteroatoms. The first-order chi connectivity index (χ1) is 8.38. The summed E-state index contributed by atoms with van der Waals surface area (Å²) in [6.07, 6.45) is -4.46. The molecular weight excluding hydrogens is 249 g/mol. The molecule has 0 saturated heterocycles. The first-order valence-electron chi connectivity index (χ1n) is 5.18. The van der Waals surface area contributed by atoms with Crippen LogP contribution in [0.1, 0.15) is 30.0 Å². The number of rotatable bonds is 1. The number of aromatic carboxylic acids is 1. The lowest BCUT2D eigenvalue weighted by Gasteiger charge is -2.04. The third-order valence-electron chi connectivity index (χ3n) is 2.01. The van der Waals surface area contributed by atoms with Crippen molar-refractivity contribution in [1.82, 2.24) is 9.97 Å². The van der Waals surface area contributed by atoms with E-state index >= 15 is 0 Å². The Bertz CT molecular complexity index is 561. The number of carboxylic acid groups (broad SMARTS) is 1. The summed E-state index contributed by atoms with van der Waals surface area (Å²) in [5, 5.41) is 8.60. The van der Waals surface area contributed by atoms with E-state index in [1.807, 2.05) is 13.8 Å². The number of hydrogen-bond acceptors (Lipinski definition) is 2. The van der Waals surface area contributed by atoms with Crippen molar-refractivity contribution in [3.05, 3.63) is 29.6 Å². The van der Waals surface area contributed by atoms with Crippen molar-refractivity contribution in [2.24, 2.45) is 0 Å². The smallest absolute Gasteiger partial charge is 0.416 e. The number of imidazole rings is 1. The Kier molecular flexibility index (Phi) is 3.95. The Labute approximate surface area is 100 Å². The number of carboxylic acids is 1. The van der Waals surface area contributed by atoms with E-state index in [9.17, 15) is 18.0 Å². The van der Waals surface area contributed by atoms with Gasteiger partial charge in [-0.3, -0.25) is 0 Å². The molecule has 0 spiro atoms. The fraction of sp³-hybridized carbons (Fsp3) is 0.273. The van der Waals surface area contributed by atoms with E-state index < -0.39 is 17.7 Å². The number of aromatic nitrogens is 2. The fourth-order valence-electron chi connectivity index (χ4n) is 1.29. The molecule has 18 heavy (non-hydrogen) atoms. The number of nitrogens with zero attached hydrogens (tertiary/aromatic N) is 1. The zero-order chi connectivity index (χ0) is 13.9. The van der Waals surface area contributed by atoms with Gasteiger partial charge in [0.1, 0.15) is 0 Å². The lowest BCUT2D eigenvalue weighted by Crippen LogP contribution is -2.04. The van der Waals surface area contributed by atoms with Crippen LogP contribution in [0.2, 0.25) is 0 Å². The molecule has 1 aromatic heterocycles. The van der Waals surface area contributed by atoms with Gasteiger partial charge in [0.05, 0.1) is 16.6 Å². The molecule has 0 aliphatic rings. The van der Waals surface area contributed by atoms with Gasteiger partial charge in [0.2, 0.25) is 5.82 Å². The summed E-state index contributed by atoms with van der Waals surface area (Å²) < 4.78 is 37.0. The number of carbonyl (C=O) groups is 1. The molecule has 0 amide bonds. The molecule has 1 heterocycles. The van der Waals surface area contributed by atoms with Gasteiger partial charge in [0.15, 0.2) is 0 Å². The minimum Gasteiger partial charge on any atom is -0.475 e. The highest BCUT2D eigenvalue weighted by Gasteiger charge is 2.30. The van der Waals surface area contributed by atoms with Crippen LogP contribution in [0.4, 0.5) is 13.2 Å². The van der Waals surface area contributed by atoms with Gasteiger partial charge in [-0.25, -0.2) is 9.78 Å². The molecule has 2 aromatic rings. The molecule has 0 fully saturated rings. The zero-order valence-corrected chi connectivity index (χ0v) is 9.67. The number of alkyl halides is 3. The van der Waals surface area contributed by atoms with Crippen LogP contribution in [-0.4, -0.2) is 21.0 Å². The van der Waals surface area contributed by atoms with E-state index in [-0.39, 0.29) is 16.9 Å². The second-order valence-corrected chi connectivity index (χ2v) is 3.12. The van der Waals surface area contributed by atoms with Crippen LogP contribution >= 0.6 is 0 Å². The highest BCUT2D eigenvalue weighted by Crippen LogP contribution is 2.30. The SMILES string of the molecule is CC.O=C(O)c1nc2ccc(C(F)(F)F)cc2[nH]1. The number of fused-ring (bicyclic) bond motifs is 1. The van der Waals surface area contributed by atoms with Crippen molar-refractivity contribution in [2.45, 2.75) is 20.0 Å². The minimum absolute atomic E-state index is 0.0484. The standard InChI is InChI=1S/C9H5F3N2O2.C2H6/c10-9(11,12)4-1-2-5-6(3-4)14-7(13-5)8(15)16;1-2/h1-3H,(H,13,14)(H,15,16);1-2H3. The van der Waals surface area contributed by atoms with Crippen molar-refractivity contribution >= 4 is 17.0 Å². The molecule has 2 rings (SSSR count). The molecule has 0 radical (unpaired) electrons. The molecule has 0 saturated carbocycles. The van der Waals surface area contributed by atoms with Gasteiger partial charge in [-0.2, -0.15) is 13.2 Å². The van der Waals surface area contributed by atoms with Crippen LogP contribution in [0.15, 0.2) is 18.2 Å². The molecule has 0 aliphatic carbocycles. The fourth-order valence-corrected chi connectivity index (χ4v) is 1.29. The Morgan fingerprint density at radius 1 is 1.33 bits per heavy atom. The summed E-state index contributed by atoms with van der Waals surface area (Å²) in [5.41, 5.74) is -0.613. The highest BCUT2D eigenvalue weighted by molar-refractivity contribution is 5.89. The molecule has 0 bridgehead atoms. The molecular formula is C11H11F3N2O2. The average Bonchev–Trinajstić information content (AvgIpc) is 2.73. The summed E-state index contributed by atoms with van der Waals surface area (Å²) in [4.78, 5) is 16.4. The lowest BCUT2D eigenvalue weighted by molar-refractivity contribution is -0.137. The third-order valence-corrected chi connectivity index (χ3v) is 2.01. The summed E-state index contributed by atoms with van der Waals surface area (Å²) in [6, 6.07) is 2.81.